The van der Waals surface area contributed by atoms with Crippen molar-refractivity contribution in [3.05, 3.63) is 14.5 Å². The molecule has 0 saturated heterocycles. The number of thiazole rings is 1. The molecule has 0 bridgehead atoms. The van der Waals surface area contributed by atoms with E-state index in [2.05, 4.69) is 22.7 Å². The fourth-order valence-corrected chi connectivity index (χ4v) is 2.40. The molecule has 82 valence electrons. The van der Waals surface area contributed by atoms with Gasteiger partial charge in [-0.1, -0.05) is 0 Å². The highest BCUT2D eigenvalue weighted by atomic mass is 32.1. The van der Waals surface area contributed by atoms with Gasteiger partial charge >= 0.3 is 0 Å². The molecule has 4 nitrogen and oxygen atoms in total. The first-order chi connectivity index (χ1) is 6.93. The first-order valence-corrected chi connectivity index (χ1v) is 5.83. The van der Waals surface area contributed by atoms with Crippen molar-refractivity contribution in [2.45, 2.75) is 13.8 Å². The maximum absolute atomic E-state index is 5.28. The smallest absolute Gasteiger partial charge is 0.184 e. The van der Waals surface area contributed by atoms with Crippen LogP contribution in [-0.2, 0) is 7.05 Å². The van der Waals surface area contributed by atoms with E-state index in [0.717, 1.165) is 20.2 Å². The average Bonchev–Trinajstić information content (AvgIpc) is 2.42. The molecule has 0 spiro atoms. The zero-order valence-electron chi connectivity index (χ0n) is 8.70. The van der Waals surface area contributed by atoms with E-state index in [1.165, 1.54) is 11.3 Å². The van der Waals surface area contributed by atoms with Crippen LogP contribution in [0.3, 0.4) is 0 Å². The van der Waals surface area contributed by atoms with Gasteiger partial charge in [0.25, 0.3) is 0 Å². The summed E-state index contributed by atoms with van der Waals surface area (Å²) < 4.78 is 2.78. The number of hydrazone groups is 1. The van der Waals surface area contributed by atoms with Crippen LogP contribution in [0, 0.1) is 10.9 Å². The Balaban J connectivity index is 3.06. The summed E-state index contributed by atoms with van der Waals surface area (Å²) in [7, 11) is 1.94. The molecule has 0 aliphatic carbocycles. The summed E-state index contributed by atoms with van der Waals surface area (Å²) in [6.45, 7) is 3.89. The van der Waals surface area contributed by atoms with Crippen LogP contribution in [-0.4, -0.2) is 15.4 Å². The highest BCUT2D eigenvalue weighted by Gasteiger charge is 2.08. The predicted molar refractivity (Wildman–Crippen MR) is 71.0 cm³/mol. The second-order valence-electron chi connectivity index (χ2n) is 3.01. The van der Waals surface area contributed by atoms with E-state index in [-0.39, 0.29) is 5.11 Å². The lowest BCUT2D eigenvalue weighted by Crippen LogP contribution is -2.25. The molecule has 3 N–H and O–H groups in total. The minimum atomic E-state index is 0.159. The Labute approximate surface area is 103 Å². The highest BCUT2D eigenvalue weighted by molar-refractivity contribution is 7.80. The third kappa shape index (κ3) is 2.83. The standard InChI is InChI=1S/C8H12N4S3/c1-4(10-11-7(9)13)6-5(2)12(3)8(14)15-6/h1-3H3,(H3,9,11,13)/b10-4+. The summed E-state index contributed by atoms with van der Waals surface area (Å²) in [4.78, 5) is 1.05. The van der Waals surface area contributed by atoms with Gasteiger partial charge in [-0.2, -0.15) is 5.10 Å². The first-order valence-electron chi connectivity index (χ1n) is 4.20. The lowest BCUT2D eigenvalue weighted by atomic mass is 10.3. The molecule has 1 rings (SSSR count). The molecule has 0 aliphatic rings. The first kappa shape index (κ1) is 12.3. The molecule has 0 unspecified atom stereocenters. The van der Waals surface area contributed by atoms with Crippen LogP contribution in [0.5, 0.6) is 0 Å². The van der Waals surface area contributed by atoms with Gasteiger partial charge in [-0.25, -0.2) is 0 Å². The minimum Gasteiger partial charge on any atom is -0.375 e. The van der Waals surface area contributed by atoms with Crippen LogP contribution in [0.15, 0.2) is 5.10 Å². The maximum atomic E-state index is 5.28. The lowest BCUT2D eigenvalue weighted by molar-refractivity contribution is 0.871. The topological polar surface area (TPSA) is 55.3 Å². The number of hydrogen-bond acceptors (Lipinski definition) is 4. The fraction of sp³-hybridized carbons (Fsp3) is 0.375. The van der Waals surface area contributed by atoms with E-state index in [4.69, 9.17) is 18.0 Å². The van der Waals surface area contributed by atoms with Crippen molar-refractivity contribution in [3.8, 4) is 0 Å². The van der Waals surface area contributed by atoms with Crippen molar-refractivity contribution in [3.63, 3.8) is 0 Å². The van der Waals surface area contributed by atoms with Crippen molar-refractivity contribution < 1.29 is 0 Å². The van der Waals surface area contributed by atoms with Gasteiger partial charge in [0.1, 0.15) is 0 Å². The van der Waals surface area contributed by atoms with Gasteiger partial charge in [-0.15, -0.1) is 11.3 Å². The van der Waals surface area contributed by atoms with Gasteiger partial charge in [0.05, 0.1) is 10.6 Å². The van der Waals surface area contributed by atoms with Crippen LogP contribution in [0.2, 0.25) is 0 Å². The summed E-state index contributed by atoms with van der Waals surface area (Å²) in [5, 5.41) is 4.22. The number of nitrogens with one attached hydrogen (secondary N) is 1. The zero-order valence-corrected chi connectivity index (χ0v) is 11.1. The molecule has 0 aliphatic heterocycles. The van der Waals surface area contributed by atoms with Crippen molar-refractivity contribution in [2.24, 2.45) is 17.9 Å². The van der Waals surface area contributed by atoms with Gasteiger partial charge in [-0.05, 0) is 38.3 Å². The van der Waals surface area contributed by atoms with Crippen LogP contribution < -0.4 is 11.2 Å². The van der Waals surface area contributed by atoms with Crippen LogP contribution in [0.4, 0.5) is 0 Å². The Hall–Kier alpha value is -0.790. The molecule has 0 amide bonds. The van der Waals surface area contributed by atoms with Crippen LogP contribution >= 0.6 is 35.8 Å². The predicted octanol–water partition coefficient (Wildman–Crippen LogP) is 1.68. The SMILES string of the molecule is C/C(=N\NC(N)=S)c1sc(=S)n(C)c1C. The Morgan fingerprint density at radius 1 is 1.60 bits per heavy atom. The van der Waals surface area contributed by atoms with Gasteiger partial charge in [-0.3, -0.25) is 5.43 Å². The molecule has 0 atom stereocenters. The Kier molecular flexibility index (Phi) is 3.95. The number of nitrogens with zero attached hydrogens (tertiary/aromatic N) is 2. The van der Waals surface area contributed by atoms with Crippen LogP contribution in [0.25, 0.3) is 0 Å². The molecule has 15 heavy (non-hydrogen) atoms. The molecule has 0 aromatic carbocycles. The van der Waals surface area contributed by atoms with E-state index >= 15 is 0 Å². The molecule has 1 heterocycles. The lowest BCUT2D eigenvalue weighted by Gasteiger charge is -2.01. The van der Waals surface area contributed by atoms with Crippen molar-refractivity contribution in [2.75, 3.05) is 0 Å². The van der Waals surface area contributed by atoms with Gasteiger partial charge in [0.15, 0.2) is 9.07 Å². The van der Waals surface area contributed by atoms with Crippen molar-refractivity contribution in [1.29, 1.82) is 0 Å². The van der Waals surface area contributed by atoms with Gasteiger partial charge < -0.3 is 10.3 Å². The maximum Gasteiger partial charge on any atom is 0.184 e. The van der Waals surface area contributed by atoms with Gasteiger partial charge in [0.2, 0.25) is 0 Å². The van der Waals surface area contributed by atoms with Crippen molar-refractivity contribution >= 4 is 46.6 Å². The van der Waals surface area contributed by atoms with Gasteiger partial charge in [0, 0.05) is 12.7 Å². The van der Waals surface area contributed by atoms with E-state index in [0.29, 0.717) is 0 Å². The largest absolute Gasteiger partial charge is 0.375 e. The van der Waals surface area contributed by atoms with E-state index < -0.39 is 0 Å². The number of nitrogens with two attached hydrogens (primary N) is 1. The summed E-state index contributed by atoms with van der Waals surface area (Å²) in [5.41, 5.74) is 9.77. The molecule has 1 aromatic rings. The fourth-order valence-electron chi connectivity index (χ4n) is 1.04. The second kappa shape index (κ2) is 4.82. The third-order valence-electron chi connectivity index (χ3n) is 1.96. The number of hydrogen-bond donors (Lipinski definition) is 2. The van der Waals surface area contributed by atoms with E-state index in [9.17, 15) is 0 Å². The van der Waals surface area contributed by atoms with E-state index in [1.54, 1.807) is 0 Å². The molecular weight excluding hydrogens is 248 g/mol. The molecule has 7 heteroatoms. The Morgan fingerprint density at radius 2 is 2.20 bits per heavy atom. The monoisotopic (exact) mass is 260 g/mol. The summed E-state index contributed by atoms with van der Waals surface area (Å²) in [5.74, 6) is 0. The summed E-state index contributed by atoms with van der Waals surface area (Å²) in [6, 6.07) is 0. The average molecular weight is 260 g/mol. The van der Waals surface area contributed by atoms with Crippen LogP contribution in [0.1, 0.15) is 17.5 Å². The summed E-state index contributed by atoms with van der Waals surface area (Å²) >= 11 is 11.4. The molecule has 0 radical (unpaired) electrons. The zero-order chi connectivity index (χ0) is 11.6. The Bertz CT molecular complexity index is 469. The Morgan fingerprint density at radius 3 is 2.60 bits per heavy atom. The minimum absolute atomic E-state index is 0.159. The molecule has 0 fully saturated rings. The molecule has 1 aromatic heterocycles. The quantitative estimate of drug-likeness (QED) is 0.482. The number of rotatable bonds is 2. The number of thiocarbonyl (C=S) groups is 1. The van der Waals surface area contributed by atoms with Crippen molar-refractivity contribution in [1.82, 2.24) is 9.99 Å². The molecule has 0 saturated carbocycles. The summed E-state index contributed by atoms with van der Waals surface area (Å²) in [6.07, 6.45) is 0. The normalized spacial score (nSPS) is 11.5. The number of aromatic nitrogens is 1. The third-order valence-corrected chi connectivity index (χ3v) is 3.82. The van der Waals surface area contributed by atoms with E-state index in [1.807, 2.05) is 25.5 Å². The highest BCUT2D eigenvalue weighted by Crippen LogP contribution is 2.18. The molecular formula is C8H12N4S3. The second-order valence-corrected chi connectivity index (χ2v) is 5.10.